The van der Waals surface area contributed by atoms with Gasteiger partial charge in [-0.2, -0.15) is 4.31 Å². The Bertz CT molecular complexity index is 891. The largest absolute Gasteiger partial charge is 0.455 e. The molecular formula is C22H32N2O5S. The predicted octanol–water partition coefficient (Wildman–Crippen LogP) is 2.65. The molecule has 2 saturated heterocycles. The molecular weight excluding hydrogens is 404 g/mol. The van der Waals surface area contributed by atoms with Gasteiger partial charge in [0.2, 0.25) is 10.0 Å². The number of hydrogen-bond donors (Lipinski definition) is 0. The molecule has 0 saturated carbocycles. The summed E-state index contributed by atoms with van der Waals surface area (Å²) in [6, 6.07) is 5.32. The van der Waals surface area contributed by atoms with Gasteiger partial charge in [-0.05, 0) is 76.1 Å². The first-order chi connectivity index (χ1) is 14.2. The van der Waals surface area contributed by atoms with Gasteiger partial charge in [0.1, 0.15) is 0 Å². The second-order valence-corrected chi connectivity index (χ2v) is 10.4. The van der Waals surface area contributed by atoms with E-state index in [0.717, 1.165) is 30.4 Å². The maximum atomic E-state index is 12.9. The van der Waals surface area contributed by atoms with Crippen LogP contribution in [0.25, 0.3) is 0 Å². The fraction of sp³-hybridized carbons (Fsp3) is 0.636. The standard InChI is InChI=1S/C22H32N2O5S/c1-16-7-8-20(14-17(16)2)30(27,28)23-12-9-19(10-13-23)22(26)29-15-21(25)24-11-5-4-6-18(24)3/h7-8,14,18-19H,4-6,9-13,15H2,1-3H3/t18-/m0/s1. The molecule has 7 nitrogen and oxygen atoms in total. The Balaban J connectivity index is 1.51. The quantitative estimate of drug-likeness (QED) is 0.663. The molecule has 0 bridgehead atoms. The first kappa shape index (κ1) is 22.7. The summed E-state index contributed by atoms with van der Waals surface area (Å²) >= 11 is 0. The summed E-state index contributed by atoms with van der Waals surface area (Å²) in [4.78, 5) is 26.8. The number of esters is 1. The zero-order valence-corrected chi connectivity index (χ0v) is 18.9. The highest BCUT2D eigenvalue weighted by molar-refractivity contribution is 7.89. The van der Waals surface area contributed by atoms with Crippen molar-refractivity contribution in [1.29, 1.82) is 0 Å². The molecule has 1 aromatic rings. The van der Waals surface area contributed by atoms with E-state index >= 15 is 0 Å². The highest BCUT2D eigenvalue weighted by Crippen LogP contribution is 2.26. The average molecular weight is 437 g/mol. The third-order valence-corrected chi connectivity index (χ3v) is 8.26. The normalized spacial score (nSPS) is 21.4. The molecule has 0 unspecified atom stereocenters. The van der Waals surface area contributed by atoms with Gasteiger partial charge in [0.25, 0.3) is 5.91 Å². The van der Waals surface area contributed by atoms with Crippen LogP contribution in [0.2, 0.25) is 0 Å². The fourth-order valence-corrected chi connectivity index (χ4v) is 5.71. The van der Waals surface area contributed by atoms with E-state index in [9.17, 15) is 18.0 Å². The minimum absolute atomic E-state index is 0.148. The van der Waals surface area contributed by atoms with Gasteiger partial charge in [-0.3, -0.25) is 9.59 Å². The Morgan fingerprint density at radius 3 is 2.37 bits per heavy atom. The van der Waals surface area contributed by atoms with E-state index in [2.05, 4.69) is 0 Å². The van der Waals surface area contributed by atoms with Crippen molar-refractivity contribution in [3.63, 3.8) is 0 Å². The minimum Gasteiger partial charge on any atom is -0.455 e. The van der Waals surface area contributed by atoms with Crippen molar-refractivity contribution in [2.75, 3.05) is 26.2 Å². The molecule has 0 spiro atoms. The molecule has 2 aliphatic rings. The maximum Gasteiger partial charge on any atom is 0.309 e. The number of benzene rings is 1. The molecule has 8 heteroatoms. The lowest BCUT2D eigenvalue weighted by molar-refractivity contribution is -0.157. The lowest BCUT2D eigenvalue weighted by Crippen LogP contribution is -2.45. The highest BCUT2D eigenvalue weighted by atomic mass is 32.2. The van der Waals surface area contributed by atoms with Crippen LogP contribution in [0.5, 0.6) is 0 Å². The molecule has 166 valence electrons. The van der Waals surface area contributed by atoms with Crippen molar-refractivity contribution >= 4 is 21.9 Å². The molecule has 0 aromatic heterocycles. The zero-order valence-electron chi connectivity index (χ0n) is 18.1. The number of carbonyl (C=O) groups is 2. The monoisotopic (exact) mass is 436 g/mol. The van der Waals surface area contributed by atoms with Gasteiger partial charge in [-0.15, -0.1) is 0 Å². The van der Waals surface area contributed by atoms with Gasteiger partial charge in [0, 0.05) is 25.7 Å². The van der Waals surface area contributed by atoms with E-state index in [1.165, 1.54) is 4.31 Å². The summed E-state index contributed by atoms with van der Waals surface area (Å²) in [5.74, 6) is -0.927. The minimum atomic E-state index is -3.58. The summed E-state index contributed by atoms with van der Waals surface area (Å²) in [5.41, 5.74) is 1.98. The second kappa shape index (κ2) is 9.47. The summed E-state index contributed by atoms with van der Waals surface area (Å²) in [7, 11) is -3.58. The Kier molecular flexibility index (Phi) is 7.18. The van der Waals surface area contributed by atoms with Crippen molar-refractivity contribution in [3.05, 3.63) is 29.3 Å². The zero-order chi connectivity index (χ0) is 21.9. The number of rotatable bonds is 5. The number of likely N-dealkylation sites (tertiary alicyclic amines) is 1. The first-order valence-electron chi connectivity index (χ1n) is 10.7. The number of sulfonamides is 1. The van der Waals surface area contributed by atoms with Crippen molar-refractivity contribution in [3.8, 4) is 0 Å². The maximum absolute atomic E-state index is 12.9. The molecule has 1 atom stereocenters. The number of nitrogens with zero attached hydrogens (tertiary/aromatic N) is 2. The van der Waals surface area contributed by atoms with Crippen LogP contribution in [0.3, 0.4) is 0 Å². The Morgan fingerprint density at radius 1 is 1.03 bits per heavy atom. The molecule has 30 heavy (non-hydrogen) atoms. The summed E-state index contributed by atoms with van der Waals surface area (Å²) < 4.78 is 32.5. The molecule has 0 N–H and O–H groups in total. The molecule has 2 heterocycles. The smallest absolute Gasteiger partial charge is 0.309 e. The van der Waals surface area contributed by atoms with Gasteiger partial charge in [-0.25, -0.2) is 8.42 Å². The summed E-state index contributed by atoms with van der Waals surface area (Å²) in [6.45, 7) is 6.88. The Morgan fingerprint density at radius 2 is 1.73 bits per heavy atom. The Hall–Kier alpha value is -1.93. The van der Waals surface area contributed by atoms with Crippen LogP contribution in [0.4, 0.5) is 0 Å². The lowest BCUT2D eigenvalue weighted by Gasteiger charge is -2.33. The average Bonchev–Trinajstić information content (AvgIpc) is 2.74. The molecule has 0 aliphatic carbocycles. The third kappa shape index (κ3) is 5.03. The number of piperidine rings is 2. The SMILES string of the molecule is Cc1ccc(S(=O)(=O)N2CCC(C(=O)OCC(=O)N3CCCC[C@@H]3C)CC2)cc1C. The van der Waals surface area contributed by atoms with Crippen molar-refractivity contribution < 1.29 is 22.7 Å². The summed E-state index contributed by atoms with van der Waals surface area (Å²) in [5, 5.41) is 0. The molecule has 2 aliphatic heterocycles. The van der Waals surface area contributed by atoms with Gasteiger partial charge >= 0.3 is 5.97 Å². The summed E-state index contributed by atoms with van der Waals surface area (Å²) in [6.07, 6.45) is 3.88. The van der Waals surface area contributed by atoms with Gasteiger partial charge in [0.05, 0.1) is 10.8 Å². The topological polar surface area (TPSA) is 84.0 Å². The van der Waals surface area contributed by atoms with E-state index in [4.69, 9.17) is 4.74 Å². The van der Waals surface area contributed by atoms with Crippen molar-refractivity contribution in [2.24, 2.45) is 5.92 Å². The van der Waals surface area contributed by atoms with Crippen molar-refractivity contribution in [1.82, 2.24) is 9.21 Å². The van der Waals surface area contributed by atoms with Gasteiger partial charge in [0.15, 0.2) is 6.61 Å². The number of carbonyl (C=O) groups excluding carboxylic acids is 2. The van der Waals surface area contributed by atoms with E-state index in [1.807, 2.05) is 26.8 Å². The third-order valence-electron chi connectivity index (χ3n) is 6.36. The van der Waals surface area contributed by atoms with Crippen LogP contribution >= 0.6 is 0 Å². The van der Waals surface area contributed by atoms with E-state index in [-0.39, 0.29) is 42.5 Å². The second-order valence-electron chi connectivity index (χ2n) is 8.46. The number of aryl methyl sites for hydroxylation is 2. The molecule has 0 radical (unpaired) electrons. The number of amides is 1. The van der Waals surface area contributed by atoms with Crippen LogP contribution in [0.15, 0.2) is 23.1 Å². The molecule has 1 amide bonds. The van der Waals surface area contributed by atoms with Crippen LogP contribution in [-0.4, -0.2) is 61.8 Å². The predicted molar refractivity (Wildman–Crippen MR) is 113 cm³/mol. The van der Waals surface area contributed by atoms with Crippen LogP contribution in [0, 0.1) is 19.8 Å². The number of ether oxygens (including phenoxy) is 1. The van der Waals surface area contributed by atoms with Gasteiger partial charge < -0.3 is 9.64 Å². The van der Waals surface area contributed by atoms with Crippen LogP contribution in [-0.2, 0) is 24.3 Å². The van der Waals surface area contributed by atoms with E-state index < -0.39 is 16.0 Å². The van der Waals surface area contributed by atoms with E-state index in [0.29, 0.717) is 19.4 Å². The Labute approximate surface area is 179 Å². The van der Waals surface area contributed by atoms with Crippen molar-refractivity contribution in [2.45, 2.75) is 63.8 Å². The number of hydrogen-bond acceptors (Lipinski definition) is 5. The molecule has 2 fully saturated rings. The first-order valence-corrected chi connectivity index (χ1v) is 12.2. The molecule has 1 aromatic carbocycles. The molecule has 3 rings (SSSR count). The highest BCUT2D eigenvalue weighted by Gasteiger charge is 2.33. The fourth-order valence-electron chi connectivity index (χ4n) is 4.16. The van der Waals surface area contributed by atoms with Gasteiger partial charge in [-0.1, -0.05) is 6.07 Å². The van der Waals surface area contributed by atoms with Crippen LogP contribution < -0.4 is 0 Å². The van der Waals surface area contributed by atoms with Crippen LogP contribution in [0.1, 0.15) is 50.2 Å². The lowest BCUT2D eigenvalue weighted by atomic mass is 9.98. The van der Waals surface area contributed by atoms with E-state index in [1.54, 1.807) is 17.0 Å².